The van der Waals surface area contributed by atoms with Gasteiger partial charge < -0.3 is 24.8 Å². The molecule has 232 valence electrons. The third kappa shape index (κ3) is 6.89. The molecule has 3 aliphatic rings. The van der Waals surface area contributed by atoms with Gasteiger partial charge in [0.2, 0.25) is 5.95 Å². The summed E-state index contributed by atoms with van der Waals surface area (Å²) < 4.78 is 40.7. The van der Waals surface area contributed by atoms with Gasteiger partial charge >= 0.3 is 0 Å². The second-order valence-electron chi connectivity index (χ2n) is 11.6. The molecule has 2 N–H and O–H groups in total. The van der Waals surface area contributed by atoms with Crippen LogP contribution < -0.4 is 15.0 Å². The van der Waals surface area contributed by atoms with Gasteiger partial charge in [-0.3, -0.25) is 9.80 Å². The number of aromatic nitrogens is 3. The number of anilines is 3. The number of hydrogen-bond donors (Lipinski definition) is 2. The van der Waals surface area contributed by atoms with Crippen molar-refractivity contribution in [2.45, 2.75) is 37.5 Å². The average Bonchev–Trinajstić information content (AvgIpc) is 2.98. The summed E-state index contributed by atoms with van der Waals surface area (Å²) >= 11 is 0. The Morgan fingerprint density at radius 1 is 1.11 bits per heavy atom. The van der Waals surface area contributed by atoms with Gasteiger partial charge in [0.25, 0.3) is 5.92 Å². The van der Waals surface area contributed by atoms with Crippen molar-refractivity contribution >= 4 is 17.3 Å². The van der Waals surface area contributed by atoms with Crippen LogP contribution in [0.5, 0.6) is 5.75 Å². The Morgan fingerprint density at radius 2 is 1.89 bits per heavy atom. The van der Waals surface area contributed by atoms with E-state index >= 15 is 0 Å². The maximum absolute atomic E-state index is 14.9. The Kier molecular flexibility index (Phi) is 8.86. The van der Waals surface area contributed by atoms with E-state index in [2.05, 4.69) is 42.2 Å². The highest BCUT2D eigenvalue weighted by molar-refractivity contribution is 5.64. The predicted octanol–water partition coefficient (Wildman–Crippen LogP) is 3.14. The minimum absolute atomic E-state index is 0.0721. The summed E-state index contributed by atoms with van der Waals surface area (Å²) in [5.41, 5.74) is 2.61. The standard InChI is InChI=1S/C31H36F2N8O3/c1-21(42)16-39-9-8-28(31(32,33)19-39)44-27-7-2-22(14-23(27)15-34)29-35-20-36-30(38-29)37-24-3-5-25(6-4-24)40-10-12-41(13-11-40)26-17-43-18-26/h2-7,14,20-21,26,28,42H,8-13,16-19H2,1H3,(H,35,36,37,38)/t21-,28-/m0/s1. The fourth-order valence-corrected chi connectivity index (χ4v) is 5.84. The fourth-order valence-electron chi connectivity index (χ4n) is 5.84. The number of ether oxygens (including phenoxy) is 2. The van der Waals surface area contributed by atoms with Crippen LogP contribution in [0.15, 0.2) is 48.8 Å². The van der Waals surface area contributed by atoms with Gasteiger partial charge in [-0.1, -0.05) is 0 Å². The Bertz CT molecular complexity index is 1470. The number of nitriles is 1. The first-order chi connectivity index (χ1) is 21.3. The zero-order valence-corrected chi connectivity index (χ0v) is 24.6. The SMILES string of the molecule is C[C@H](O)CN1CC[C@H](Oc2ccc(-c3ncnc(Nc4ccc(N5CCN(C6COC6)CC5)cc4)n3)cc2C#N)C(F)(F)C1. The summed E-state index contributed by atoms with van der Waals surface area (Å²) in [6.45, 7) is 7.27. The first-order valence-corrected chi connectivity index (χ1v) is 14.9. The number of halogens is 2. The van der Waals surface area contributed by atoms with Gasteiger partial charge in [-0.2, -0.15) is 10.2 Å². The van der Waals surface area contributed by atoms with Crippen molar-refractivity contribution in [3.63, 3.8) is 0 Å². The number of piperidine rings is 1. The van der Waals surface area contributed by atoms with Crippen molar-refractivity contribution in [3.8, 4) is 23.2 Å². The summed E-state index contributed by atoms with van der Waals surface area (Å²) in [6, 6.07) is 15.4. The van der Waals surface area contributed by atoms with Crippen LogP contribution in [-0.2, 0) is 4.74 Å². The highest BCUT2D eigenvalue weighted by Crippen LogP contribution is 2.34. The number of benzene rings is 2. The number of piperazine rings is 1. The van der Waals surface area contributed by atoms with Gasteiger partial charge in [0.05, 0.1) is 37.5 Å². The Balaban J connectivity index is 1.08. The minimum Gasteiger partial charge on any atom is -0.483 e. The van der Waals surface area contributed by atoms with Gasteiger partial charge in [-0.05, 0) is 49.4 Å². The summed E-state index contributed by atoms with van der Waals surface area (Å²) in [5.74, 6) is -2.39. The monoisotopic (exact) mass is 606 g/mol. The zero-order valence-electron chi connectivity index (χ0n) is 24.6. The van der Waals surface area contributed by atoms with Crippen LogP contribution in [0.4, 0.5) is 26.1 Å². The predicted molar refractivity (Wildman–Crippen MR) is 160 cm³/mol. The molecule has 6 rings (SSSR count). The molecule has 0 saturated carbocycles. The van der Waals surface area contributed by atoms with E-state index < -0.39 is 24.7 Å². The molecule has 4 heterocycles. The van der Waals surface area contributed by atoms with Crippen molar-refractivity contribution < 1.29 is 23.4 Å². The van der Waals surface area contributed by atoms with Crippen LogP contribution in [0, 0.1) is 11.3 Å². The van der Waals surface area contributed by atoms with Gasteiger partial charge in [-0.25, -0.2) is 18.7 Å². The van der Waals surface area contributed by atoms with E-state index in [0.29, 0.717) is 29.9 Å². The van der Waals surface area contributed by atoms with Crippen molar-refractivity contribution in [1.82, 2.24) is 24.8 Å². The lowest BCUT2D eigenvalue weighted by atomic mass is 10.0. The van der Waals surface area contributed by atoms with E-state index in [9.17, 15) is 19.1 Å². The largest absolute Gasteiger partial charge is 0.483 e. The van der Waals surface area contributed by atoms with Gasteiger partial charge in [0, 0.05) is 62.6 Å². The smallest absolute Gasteiger partial charge is 0.296 e. The molecule has 44 heavy (non-hydrogen) atoms. The van der Waals surface area contributed by atoms with Gasteiger partial charge in [0.15, 0.2) is 11.9 Å². The highest BCUT2D eigenvalue weighted by Gasteiger charge is 2.46. The maximum Gasteiger partial charge on any atom is 0.296 e. The number of alkyl halides is 2. The first kappa shape index (κ1) is 30.1. The van der Waals surface area contributed by atoms with E-state index in [4.69, 9.17) is 9.47 Å². The van der Waals surface area contributed by atoms with Crippen molar-refractivity contribution in [2.24, 2.45) is 0 Å². The lowest BCUT2D eigenvalue weighted by Gasteiger charge is -2.43. The molecular weight excluding hydrogens is 570 g/mol. The molecule has 0 aliphatic carbocycles. The molecule has 0 radical (unpaired) electrons. The highest BCUT2D eigenvalue weighted by atomic mass is 19.3. The van der Waals surface area contributed by atoms with E-state index in [1.54, 1.807) is 13.0 Å². The maximum atomic E-state index is 14.9. The number of rotatable bonds is 9. The van der Waals surface area contributed by atoms with Crippen LogP contribution in [-0.4, -0.2) is 113 Å². The van der Waals surface area contributed by atoms with Crippen molar-refractivity contribution in [2.75, 3.05) is 69.2 Å². The van der Waals surface area contributed by atoms with Gasteiger partial charge in [0.1, 0.15) is 18.1 Å². The molecular formula is C31H36F2N8O3. The molecule has 0 unspecified atom stereocenters. The number of nitrogens with one attached hydrogen (secondary N) is 1. The lowest BCUT2D eigenvalue weighted by Crippen LogP contribution is -2.56. The quantitative estimate of drug-likeness (QED) is 0.374. The molecule has 0 amide bonds. The second-order valence-corrected chi connectivity index (χ2v) is 11.6. The summed E-state index contributed by atoms with van der Waals surface area (Å²) in [6.07, 6.45) is -0.624. The topological polar surface area (TPSA) is 123 Å². The van der Waals surface area contributed by atoms with Crippen LogP contribution in [0.25, 0.3) is 11.4 Å². The number of β-amino-alcohol motifs (C(OH)–C–C–N with tert-alkyl or cyclic N) is 1. The Hall–Kier alpha value is -3.96. The number of nitrogens with zero attached hydrogens (tertiary/aromatic N) is 7. The molecule has 1 aromatic heterocycles. The average molecular weight is 607 g/mol. The molecule has 0 bridgehead atoms. The molecule has 11 nitrogen and oxygen atoms in total. The van der Waals surface area contributed by atoms with E-state index in [1.165, 1.54) is 23.4 Å². The van der Waals surface area contributed by atoms with Crippen LogP contribution >= 0.6 is 0 Å². The number of likely N-dealkylation sites (tertiary alicyclic amines) is 1. The third-order valence-electron chi connectivity index (χ3n) is 8.27. The van der Waals surface area contributed by atoms with Crippen molar-refractivity contribution in [3.05, 3.63) is 54.4 Å². The van der Waals surface area contributed by atoms with Crippen molar-refractivity contribution in [1.29, 1.82) is 5.26 Å². The number of hydrogen-bond acceptors (Lipinski definition) is 11. The Morgan fingerprint density at radius 3 is 2.55 bits per heavy atom. The van der Waals surface area contributed by atoms with Crippen LogP contribution in [0.3, 0.4) is 0 Å². The summed E-state index contributed by atoms with van der Waals surface area (Å²) in [7, 11) is 0. The summed E-state index contributed by atoms with van der Waals surface area (Å²) in [4.78, 5) is 19.4. The molecule has 3 fully saturated rings. The molecule has 13 heteroatoms. The first-order valence-electron chi connectivity index (χ1n) is 14.9. The third-order valence-corrected chi connectivity index (χ3v) is 8.27. The molecule has 3 saturated heterocycles. The van der Waals surface area contributed by atoms with Crippen LogP contribution in [0.2, 0.25) is 0 Å². The zero-order chi connectivity index (χ0) is 30.7. The number of aliphatic hydroxyl groups excluding tert-OH is 1. The molecule has 2 aromatic carbocycles. The minimum atomic E-state index is -3.13. The molecule has 2 atom stereocenters. The normalized spacial score (nSPS) is 21.7. The molecule has 3 aromatic rings. The fraction of sp³-hybridized carbons (Fsp3) is 0.484. The van der Waals surface area contributed by atoms with Crippen LogP contribution in [0.1, 0.15) is 18.9 Å². The number of aliphatic hydroxyl groups is 1. The van der Waals surface area contributed by atoms with E-state index in [0.717, 1.165) is 50.8 Å². The second kappa shape index (κ2) is 13.0. The Labute approximate surface area is 255 Å². The lowest BCUT2D eigenvalue weighted by molar-refractivity contribution is -0.142. The van der Waals surface area contributed by atoms with Gasteiger partial charge in [-0.15, -0.1) is 0 Å². The van der Waals surface area contributed by atoms with E-state index in [-0.39, 0.29) is 24.3 Å². The summed E-state index contributed by atoms with van der Waals surface area (Å²) in [5, 5.41) is 22.5. The van der Waals surface area contributed by atoms with E-state index in [1.807, 2.05) is 18.2 Å². The molecule has 3 aliphatic heterocycles. The molecule has 0 spiro atoms.